The first kappa shape index (κ1) is 12.5. The lowest BCUT2D eigenvalue weighted by Gasteiger charge is -2.32. The maximum atomic E-state index is 5.16. The number of nitrogens with zero attached hydrogens (tertiary/aromatic N) is 2. The topological polar surface area (TPSA) is 15.6 Å². The first-order valence-electron chi connectivity index (χ1n) is 8.44. The predicted molar refractivity (Wildman–Crippen MR) is 90.0 cm³/mol. The Balaban J connectivity index is 1.74. The van der Waals surface area contributed by atoms with Crippen LogP contribution < -0.4 is 0 Å². The predicted octanol–water partition coefficient (Wildman–Crippen LogP) is 4.24. The Hall–Kier alpha value is -2.09. The van der Waals surface area contributed by atoms with Gasteiger partial charge in [0.15, 0.2) is 0 Å². The van der Waals surface area contributed by atoms with Crippen molar-refractivity contribution in [3.05, 3.63) is 59.7 Å². The molecule has 1 fully saturated rings. The van der Waals surface area contributed by atoms with Gasteiger partial charge in [0.05, 0.1) is 12.1 Å². The maximum Gasteiger partial charge on any atom is 0.132 e. The molecule has 3 aliphatic rings. The summed E-state index contributed by atoms with van der Waals surface area (Å²) in [6, 6.07) is 18.8. The van der Waals surface area contributed by atoms with Gasteiger partial charge in [-0.2, -0.15) is 0 Å². The maximum absolute atomic E-state index is 5.16. The molecule has 2 heterocycles. The van der Waals surface area contributed by atoms with Crippen molar-refractivity contribution in [1.29, 1.82) is 0 Å². The minimum absolute atomic E-state index is 0.516. The lowest BCUT2D eigenvalue weighted by Crippen LogP contribution is -2.40. The SMILES string of the molecule is c1ccc2c(c1)CN1C(=N[C@@H]3CCCC[C@H]31)c1ccccc1-2. The lowest BCUT2D eigenvalue weighted by molar-refractivity contribution is 0.240. The molecule has 0 radical (unpaired) electrons. The molecule has 22 heavy (non-hydrogen) atoms. The van der Waals surface area contributed by atoms with Crippen molar-refractivity contribution in [2.24, 2.45) is 4.99 Å². The normalized spacial score (nSPS) is 25.5. The first-order valence-corrected chi connectivity index (χ1v) is 8.44. The van der Waals surface area contributed by atoms with Crippen LogP contribution in [0.3, 0.4) is 0 Å². The minimum Gasteiger partial charge on any atom is -0.347 e. The van der Waals surface area contributed by atoms with E-state index in [1.807, 2.05) is 0 Å². The third-order valence-corrected chi connectivity index (χ3v) is 5.47. The average Bonchev–Trinajstić information content (AvgIpc) is 2.87. The summed E-state index contributed by atoms with van der Waals surface area (Å²) in [6.07, 6.45) is 5.24. The third-order valence-electron chi connectivity index (χ3n) is 5.47. The highest BCUT2D eigenvalue weighted by molar-refractivity contribution is 6.07. The second-order valence-corrected chi connectivity index (χ2v) is 6.70. The Bertz CT molecular complexity index is 762. The molecule has 2 aromatic rings. The molecule has 2 aromatic carbocycles. The standard InChI is InChI=1S/C20H20N2/c1-2-8-15-14(7-1)13-22-19-12-6-5-11-18(19)21-20(22)17-10-4-3-9-16(15)17/h1-4,7-10,18-19H,5-6,11-13H2/t18-,19-/m1/s1. The Kier molecular flexibility index (Phi) is 2.66. The van der Waals surface area contributed by atoms with Crippen molar-refractivity contribution in [2.45, 2.75) is 44.3 Å². The second kappa shape index (κ2) is 4.70. The molecular weight excluding hydrogens is 268 g/mol. The molecule has 1 aliphatic carbocycles. The highest BCUT2D eigenvalue weighted by Gasteiger charge is 2.39. The molecule has 110 valence electrons. The van der Waals surface area contributed by atoms with Gasteiger partial charge in [-0.05, 0) is 29.5 Å². The van der Waals surface area contributed by atoms with E-state index in [4.69, 9.17) is 4.99 Å². The average molecular weight is 288 g/mol. The van der Waals surface area contributed by atoms with Crippen molar-refractivity contribution < 1.29 is 0 Å². The van der Waals surface area contributed by atoms with Crippen molar-refractivity contribution in [1.82, 2.24) is 4.90 Å². The number of hydrogen-bond acceptors (Lipinski definition) is 2. The van der Waals surface area contributed by atoms with Gasteiger partial charge in [0.1, 0.15) is 5.84 Å². The summed E-state index contributed by atoms with van der Waals surface area (Å²) in [5.41, 5.74) is 5.48. The van der Waals surface area contributed by atoms with E-state index in [0.29, 0.717) is 12.1 Å². The van der Waals surface area contributed by atoms with E-state index < -0.39 is 0 Å². The van der Waals surface area contributed by atoms with Crippen LogP contribution in [0, 0.1) is 0 Å². The monoisotopic (exact) mass is 288 g/mol. The van der Waals surface area contributed by atoms with Crippen molar-refractivity contribution >= 4 is 5.84 Å². The van der Waals surface area contributed by atoms with Gasteiger partial charge in [-0.25, -0.2) is 0 Å². The summed E-state index contributed by atoms with van der Waals surface area (Å²) in [7, 11) is 0. The fourth-order valence-corrected chi connectivity index (χ4v) is 4.43. The van der Waals surface area contributed by atoms with Gasteiger partial charge in [0.2, 0.25) is 0 Å². The summed E-state index contributed by atoms with van der Waals surface area (Å²) >= 11 is 0. The van der Waals surface area contributed by atoms with Crippen LogP contribution in [0.2, 0.25) is 0 Å². The highest BCUT2D eigenvalue weighted by Crippen LogP contribution is 2.39. The van der Waals surface area contributed by atoms with E-state index in [1.54, 1.807) is 0 Å². The molecule has 1 saturated carbocycles. The molecule has 2 nitrogen and oxygen atoms in total. The van der Waals surface area contributed by atoms with Crippen molar-refractivity contribution in [3.63, 3.8) is 0 Å². The van der Waals surface area contributed by atoms with Crippen LogP contribution in [-0.4, -0.2) is 22.8 Å². The molecule has 2 aliphatic heterocycles. The zero-order valence-corrected chi connectivity index (χ0v) is 12.7. The lowest BCUT2D eigenvalue weighted by atomic mass is 9.90. The van der Waals surface area contributed by atoms with Gasteiger partial charge in [0, 0.05) is 12.1 Å². The van der Waals surface area contributed by atoms with Gasteiger partial charge in [0.25, 0.3) is 0 Å². The number of hydrogen-bond donors (Lipinski definition) is 0. The fourth-order valence-electron chi connectivity index (χ4n) is 4.43. The second-order valence-electron chi connectivity index (χ2n) is 6.70. The number of amidine groups is 1. The minimum atomic E-state index is 0.516. The Labute approximate surface area is 131 Å². The molecular formula is C20H20N2. The highest BCUT2D eigenvalue weighted by atomic mass is 15.3. The van der Waals surface area contributed by atoms with E-state index in [9.17, 15) is 0 Å². The number of rotatable bonds is 0. The van der Waals surface area contributed by atoms with Crippen molar-refractivity contribution in [2.75, 3.05) is 0 Å². The van der Waals surface area contributed by atoms with Gasteiger partial charge >= 0.3 is 0 Å². The van der Waals surface area contributed by atoms with Crippen LogP contribution in [0.15, 0.2) is 53.5 Å². The molecule has 0 bridgehead atoms. The van der Waals surface area contributed by atoms with Crippen LogP contribution in [0.25, 0.3) is 11.1 Å². The van der Waals surface area contributed by atoms with Crippen LogP contribution in [0.5, 0.6) is 0 Å². The Morgan fingerprint density at radius 2 is 1.55 bits per heavy atom. The molecule has 5 rings (SSSR count). The van der Waals surface area contributed by atoms with Crippen LogP contribution in [0.4, 0.5) is 0 Å². The van der Waals surface area contributed by atoms with Gasteiger partial charge in [-0.3, -0.25) is 4.99 Å². The third kappa shape index (κ3) is 1.70. The number of fused-ring (bicyclic) bond motifs is 7. The molecule has 0 spiro atoms. The Morgan fingerprint density at radius 3 is 2.45 bits per heavy atom. The van der Waals surface area contributed by atoms with Gasteiger partial charge < -0.3 is 4.90 Å². The fraction of sp³-hybridized carbons (Fsp3) is 0.350. The molecule has 0 unspecified atom stereocenters. The largest absolute Gasteiger partial charge is 0.347 e. The summed E-state index contributed by atoms with van der Waals surface area (Å²) in [5, 5.41) is 0. The molecule has 0 N–H and O–H groups in total. The van der Waals surface area contributed by atoms with Gasteiger partial charge in [-0.1, -0.05) is 61.4 Å². The first-order chi connectivity index (χ1) is 10.9. The van der Waals surface area contributed by atoms with Gasteiger partial charge in [-0.15, -0.1) is 0 Å². The van der Waals surface area contributed by atoms with E-state index in [2.05, 4.69) is 53.4 Å². The quantitative estimate of drug-likeness (QED) is 0.708. The summed E-state index contributed by atoms with van der Waals surface area (Å²) in [4.78, 5) is 7.75. The Morgan fingerprint density at radius 1 is 0.818 bits per heavy atom. The smallest absolute Gasteiger partial charge is 0.132 e. The van der Waals surface area contributed by atoms with E-state index in [0.717, 1.165) is 6.54 Å². The summed E-state index contributed by atoms with van der Waals surface area (Å²) in [6.45, 7) is 1.00. The molecule has 0 aromatic heterocycles. The number of aliphatic imine (C=N–C) groups is 1. The van der Waals surface area contributed by atoms with Crippen LogP contribution in [0.1, 0.15) is 36.8 Å². The van der Waals surface area contributed by atoms with E-state index in [1.165, 1.54) is 53.8 Å². The zero-order chi connectivity index (χ0) is 14.5. The van der Waals surface area contributed by atoms with Crippen LogP contribution >= 0.6 is 0 Å². The molecule has 2 heteroatoms. The van der Waals surface area contributed by atoms with Crippen LogP contribution in [-0.2, 0) is 6.54 Å². The molecule has 2 atom stereocenters. The zero-order valence-electron chi connectivity index (χ0n) is 12.7. The molecule has 0 saturated heterocycles. The summed E-state index contributed by atoms with van der Waals surface area (Å²) < 4.78 is 0. The molecule has 0 amide bonds. The van der Waals surface area contributed by atoms with E-state index >= 15 is 0 Å². The number of benzene rings is 2. The van der Waals surface area contributed by atoms with E-state index in [-0.39, 0.29) is 0 Å². The summed E-state index contributed by atoms with van der Waals surface area (Å²) in [5.74, 6) is 1.24. The van der Waals surface area contributed by atoms with Crippen molar-refractivity contribution in [3.8, 4) is 11.1 Å².